The average molecular weight is 342 g/mol. The van der Waals surface area contributed by atoms with Crippen LogP contribution in [0, 0.1) is 17.8 Å². The number of thiophene rings is 1. The summed E-state index contributed by atoms with van der Waals surface area (Å²) < 4.78 is 0. The van der Waals surface area contributed by atoms with Gasteiger partial charge in [-0.3, -0.25) is 19.4 Å². The van der Waals surface area contributed by atoms with E-state index in [0.717, 1.165) is 25.8 Å². The molecule has 1 saturated carbocycles. The number of amides is 2. The van der Waals surface area contributed by atoms with Gasteiger partial charge in [0.2, 0.25) is 11.8 Å². The largest absolute Gasteiger partial charge is 0.278 e. The summed E-state index contributed by atoms with van der Waals surface area (Å²) in [6, 6.07) is 2.66. The first kappa shape index (κ1) is 14.8. The zero-order valence-electron chi connectivity index (χ0n) is 13.7. The Morgan fingerprint density at radius 2 is 1.79 bits per heavy atom. The second kappa shape index (κ2) is 5.53. The van der Waals surface area contributed by atoms with E-state index in [1.54, 1.807) is 4.90 Å². The third-order valence-corrected chi connectivity index (χ3v) is 7.10. The number of allylic oxidation sites excluding steroid dienone is 2. The van der Waals surface area contributed by atoms with Crippen molar-refractivity contribution >= 4 is 23.2 Å². The fourth-order valence-corrected chi connectivity index (χ4v) is 5.62. The Kier molecular flexibility index (Phi) is 3.42. The van der Waals surface area contributed by atoms with Crippen molar-refractivity contribution in [1.29, 1.82) is 0 Å². The Hall–Kier alpha value is -1.46. The van der Waals surface area contributed by atoms with E-state index in [-0.39, 0.29) is 23.7 Å². The number of rotatable bonds is 3. The highest BCUT2D eigenvalue weighted by atomic mass is 32.1. The van der Waals surface area contributed by atoms with Crippen molar-refractivity contribution in [2.75, 3.05) is 13.2 Å². The van der Waals surface area contributed by atoms with Crippen LogP contribution in [0.15, 0.2) is 23.6 Å². The average Bonchev–Trinajstić information content (AvgIpc) is 3.28. The standard InChI is InChI=1S/C19H22N2O2S/c22-18-13-3-1-2-4-14(13)19(23)21(18)11-20-9-7-16-15(8-10-24-16)17(20)12-5-6-12/h1-2,8,10,12-14,17H,3-7,9,11H2/t13-,14+,17-/m0/s1. The third-order valence-electron chi connectivity index (χ3n) is 6.11. The molecule has 1 saturated heterocycles. The smallest absolute Gasteiger partial charge is 0.234 e. The summed E-state index contributed by atoms with van der Waals surface area (Å²) in [6.07, 6.45) is 9.16. The van der Waals surface area contributed by atoms with Gasteiger partial charge in [0.05, 0.1) is 18.5 Å². The van der Waals surface area contributed by atoms with Crippen LogP contribution < -0.4 is 0 Å². The molecule has 4 nitrogen and oxygen atoms in total. The van der Waals surface area contributed by atoms with Crippen LogP contribution in [0.4, 0.5) is 0 Å². The molecule has 5 heteroatoms. The summed E-state index contributed by atoms with van der Waals surface area (Å²) in [7, 11) is 0. The van der Waals surface area contributed by atoms with Gasteiger partial charge >= 0.3 is 0 Å². The van der Waals surface area contributed by atoms with Gasteiger partial charge in [0.25, 0.3) is 0 Å². The topological polar surface area (TPSA) is 40.6 Å². The van der Waals surface area contributed by atoms with Gasteiger partial charge in [-0.2, -0.15) is 0 Å². The highest BCUT2D eigenvalue weighted by Crippen LogP contribution is 2.48. The summed E-state index contributed by atoms with van der Waals surface area (Å²) in [5.74, 6) is 0.599. The molecule has 1 aromatic rings. The van der Waals surface area contributed by atoms with E-state index in [1.807, 2.05) is 11.3 Å². The Bertz CT molecular complexity index is 695. The minimum absolute atomic E-state index is 0.0556. The van der Waals surface area contributed by atoms with Gasteiger partial charge in [0, 0.05) is 17.5 Å². The van der Waals surface area contributed by atoms with Crippen LogP contribution in [0.2, 0.25) is 0 Å². The minimum Gasteiger partial charge on any atom is -0.278 e. The molecule has 4 aliphatic rings. The number of carbonyl (C=O) groups is 2. The first-order valence-electron chi connectivity index (χ1n) is 9.04. The zero-order chi connectivity index (χ0) is 16.3. The van der Waals surface area contributed by atoms with E-state index in [9.17, 15) is 9.59 Å². The van der Waals surface area contributed by atoms with Crippen LogP contribution in [-0.2, 0) is 16.0 Å². The number of hydrogen-bond donors (Lipinski definition) is 0. The number of fused-ring (bicyclic) bond motifs is 2. The normalized spacial score (nSPS) is 33.0. The summed E-state index contributed by atoms with van der Waals surface area (Å²) in [4.78, 5) is 31.0. The van der Waals surface area contributed by atoms with Crippen molar-refractivity contribution in [3.05, 3.63) is 34.0 Å². The fraction of sp³-hybridized carbons (Fsp3) is 0.579. The zero-order valence-corrected chi connectivity index (χ0v) is 14.5. The second-order valence-corrected chi connectivity index (χ2v) is 8.55. The molecular weight excluding hydrogens is 320 g/mol. The van der Waals surface area contributed by atoms with Crippen molar-refractivity contribution in [2.45, 2.75) is 38.1 Å². The van der Waals surface area contributed by atoms with Gasteiger partial charge in [-0.05, 0) is 55.0 Å². The van der Waals surface area contributed by atoms with Crippen LogP contribution in [0.5, 0.6) is 0 Å². The number of carbonyl (C=O) groups excluding carboxylic acids is 2. The molecule has 2 aliphatic carbocycles. The molecule has 0 aromatic carbocycles. The molecule has 3 atom stereocenters. The van der Waals surface area contributed by atoms with Gasteiger partial charge in [-0.1, -0.05) is 12.2 Å². The lowest BCUT2D eigenvalue weighted by Gasteiger charge is -2.38. The molecule has 0 N–H and O–H groups in total. The van der Waals surface area contributed by atoms with E-state index >= 15 is 0 Å². The lowest BCUT2D eigenvalue weighted by atomic mass is 9.85. The molecule has 5 rings (SSSR count). The van der Waals surface area contributed by atoms with Gasteiger partial charge in [-0.25, -0.2) is 0 Å². The van der Waals surface area contributed by atoms with Gasteiger partial charge in [-0.15, -0.1) is 11.3 Å². The monoisotopic (exact) mass is 342 g/mol. The molecule has 0 bridgehead atoms. The van der Waals surface area contributed by atoms with Gasteiger partial charge in [0.15, 0.2) is 0 Å². The highest BCUT2D eigenvalue weighted by molar-refractivity contribution is 7.10. The third kappa shape index (κ3) is 2.21. The van der Waals surface area contributed by atoms with Crippen LogP contribution in [0.1, 0.15) is 42.2 Å². The van der Waals surface area contributed by atoms with E-state index in [0.29, 0.717) is 18.6 Å². The molecule has 126 valence electrons. The fourth-order valence-electron chi connectivity index (χ4n) is 4.71. The Labute approximate surface area is 146 Å². The SMILES string of the molecule is O=C1[C@H]2CC=CC[C@H]2C(=O)N1CN1CCc2sccc2[C@@H]1C1CC1. The van der Waals surface area contributed by atoms with E-state index in [1.165, 1.54) is 23.3 Å². The minimum atomic E-state index is -0.108. The Balaban J connectivity index is 1.39. The van der Waals surface area contributed by atoms with Gasteiger partial charge < -0.3 is 0 Å². The molecule has 1 aromatic heterocycles. The predicted molar refractivity (Wildman–Crippen MR) is 92.3 cm³/mol. The number of nitrogens with zero attached hydrogens (tertiary/aromatic N) is 2. The molecule has 3 heterocycles. The predicted octanol–water partition coefficient (Wildman–Crippen LogP) is 2.97. The second-order valence-electron chi connectivity index (χ2n) is 7.55. The molecule has 2 fully saturated rings. The summed E-state index contributed by atoms with van der Waals surface area (Å²) >= 11 is 1.85. The Morgan fingerprint density at radius 1 is 1.08 bits per heavy atom. The van der Waals surface area contributed by atoms with Crippen molar-refractivity contribution in [3.63, 3.8) is 0 Å². The van der Waals surface area contributed by atoms with E-state index in [2.05, 4.69) is 28.5 Å². The molecule has 0 radical (unpaired) electrons. The highest BCUT2D eigenvalue weighted by Gasteiger charge is 2.49. The maximum atomic E-state index is 12.8. The summed E-state index contributed by atoms with van der Waals surface area (Å²) in [5, 5.41) is 2.19. The Morgan fingerprint density at radius 3 is 2.46 bits per heavy atom. The maximum Gasteiger partial charge on any atom is 0.234 e. The first-order valence-corrected chi connectivity index (χ1v) is 9.92. The molecule has 0 unspecified atom stereocenters. The van der Waals surface area contributed by atoms with Crippen molar-refractivity contribution in [2.24, 2.45) is 17.8 Å². The van der Waals surface area contributed by atoms with E-state index in [4.69, 9.17) is 0 Å². The van der Waals surface area contributed by atoms with Crippen LogP contribution in [-0.4, -0.2) is 34.8 Å². The molecule has 2 aliphatic heterocycles. The maximum absolute atomic E-state index is 12.8. The van der Waals surface area contributed by atoms with Gasteiger partial charge in [0.1, 0.15) is 0 Å². The van der Waals surface area contributed by atoms with E-state index < -0.39 is 0 Å². The molecule has 24 heavy (non-hydrogen) atoms. The van der Waals surface area contributed by atoms with Crippen LogP contribution in [0.25, 0.3) is 0 Å². The number of hydrogen-bond acceptors (Lipinski definition) is 4. The molecule has 0 spiro atoms. The number of likely N-dealkylation sites (tertiary alicyclic amines) is 1. The van der Waals surface area contributed by atoms with Crippen molar-refractivity contribution in [1.82, 2.24) is 9.80 Å². The summed E-state index contributed by atoms with van der Waals surface area (Å²) in [6.45, 7) is 1.44. The van der Waals surface area contributed by atoms with Crippen molar-refractivity contribution in [3.8, 4) is 0 Å². The van der Waals surface area contributed by atoms with Crippen molar-refractivity contribution < 1.29 is 9.59 Å². The lowest BCUT2D eigenvalue weighted by Crippen LogP contribution is -2.46. The molecule has 2 amide bonds. The lowest BCUT2D eigenvalue weighted by molar-refractivity contribution is -0.143. The van der Waals surface area contributed by atoms with Crippen LogP contribution >= 0.6 is 11.3 Å². The summed E-state index contributed by atoms with van der Waals surface area (Å²) in [5.41, 5.74) is 1.45. The molecular formula is C19H22N2O2S. The van der Waals surface area contributed by atoms with Crippen LogP contribution in [0.3, 0.4) is 0 Å². The quantitative estimate of drug-likeness (QED) is 0.626. The first-order chi connectivity index (χ1) is 11.7. The number of imide groups is 1.